The Morgan fingerprint density at radius 1 is 0.662 bits per heavy atom. The molecule has 6 fully saturated rings. The number of carbonyl (C=O) groups is 4. The highest BCUT2D eigenvalue weighted by atomic mass is 16.6. The number of hydrogen-bond acceptors (Lipinski definition) is 15. The van der Waals surface area contributed by atoms with E-state index in [-0.39, 0.29) is 25.7 Å². The summed E-state index contributed by atoms with van der Waals surface area (Å²) < 4.78 is 25.6. The molecule has 8 unspecified atom stereocenters. The third-order valence-corrected chi connectivity index (χ3v) is 17.7. The molecule has 0 radical (unpaired) electrons. The minimum Gasteiger partial charge on any atom is -0.455 e. The van der Waals surface area contributed by atoms with E-state index in [0.717, 1.165) is 0 Å². The summed E-state index contributed by atoms with van der Waals surface area (Å²) in [7, 11) is 0. The fourth-order valence-electron chi connectivity index (χ4n) is 14.5. The SMILES string of the molecule is C=C[C@@]1(C)CC(=O)[C@]2(O)C3(C)C(C(O)C(OC(=O)CN(CC(=O)OC4C(O)C5C(C)(C)CC[C@H](O)C5(C)[C@@]5(O)C(=O)C[C@](C)(C=C)O[C@]45C)c4ccccc4)[C@@]2(C)O1)C(C)(C)CC[C@@H]3O. The number of hydrogen-bond donors (Lipinski definition) is 6. The topological polar surface area (TPSA) is 230 Å². The van der Waals surface area contributed by atoms with Crippen molar-refractivity contribution in [2.45, 2.75) is 178 Å². The number of rotatable bonds is 9. The first kappa shape index (κ1) is 49.4. The average molecular weight is 910 g/mol. The van der Waals surface area contributed by atoms with E-state index in [2.05, 4.69) is 13.2 Å². The molecule has 2 saturated heterocycles. The van der Waals surface area contributed by atoms with E-state index in [1.807, 2.05) is 27.7 Å². The van der Waals surface area contributed by atoms with E-state index in [4.69, 9.17) is 18.9 Å². The fourth-order valence-corrected chi connectivity index (χ4v) is 14.5. The van der Waals surface area contributed by atoms with E-state index >= 15 is 0 Å². The number of benzene rings is 1. The van der Waals surface area contributed by atoms with Crippen LogP contribution >= 0.6 is 0 Å². The Morgan fingerprint density at radius 3 is 1.35 bits per heavy atom. The van der Waals surface area contributed by atoms with Crippen LogP contribution < -0.4 is 4.90 Å². The molecule has 16 atom stereocenters. The molecule has 15 heteroatoms. The molecular formula is C50H71NO14. The van der Waals surface area contributed by atoms with Gasteiger partial charge in [0, 0.05) is 41.2 Å². The Balaban J connectivity index is 1.24. The van der Waals surface area contributed by atoms with E-state index in [9.17, 15) is 49.8 Å². The number of esters is 2. The van der Waals surface area contributed by atoms with Crippen LogP contribution in [0.25, 0.3) is 0 Å². The molecule has 6 N–H and O–H groups in total. The van der Waals surface area contributed by atoms with Gasteiger partial charge in [-0.25, -0.2) is 0 Å². The summed E-state index contributed by atoms with van der Waals surface area (Å²) in [5.41, 5.74) is -16.3. The Hall–Kier alpha value is -3.54. The van der Waals surface area contributed by atoms with Crippen LogP contribution in [0.2, 0.25) is 0 Å². The highest BCUT2D eigenvalue weighted by Crippen LogP contribution is 2.69. The highest BCUT2D eigenvalue weighted by Gasteiger charge is 2.83. The molecule has 7 rings (SSSR count). The predicted octanol–water partition coefficient (Wildman–Crippen LogP) is 3.52. The maximum absolute atomic E-state index is 14.5. The molecule has 1 aromatic rings. The monoisotopic (exact) mass is 909 g/mol. The van der Waals surface area contributed by atoms with Crippen molar-refractivity contribution in [3.8, 4) is 0 Å². The third-order valence-electron chi connectivity index (χ3n) is 17.7. The second kappa shape index (κ2) is 15.5. The van der Waals surface area contributed by atoms with Gasteiger partial charge in [0.1, 0.15) is 24.3 Å². The molecule has 0 spiro atoms. The molecule has 65 heavy (non-hydrogen) atoms. The van der Waals surface area contributed by atoms with Crippen molar-refractivity contribution in [2.75, 3.05) is 18.0 Å². The second-order valence-electron chi connectivity index (χ2n) is 22.7. The lowest BCUT2D eigenvalue weighted by Crippen LogP contribution is -2.86. The number of Topliss-reactive ketones (excluding diaryl/α,β-unsaturated/α-hetero) is 2. The summed E-state index contributed by atoms with van der Waals surface area (Å²) in [5.74, 6) is -5.21. The van der Waals surface area contributed by atoms with Gasteiger partial charge in [-0.15, -0.1) is 13.2 Å². The van der Waals surface area contributed by atoms with Crippen molar-refractivity contribution < 1.29 is 68.8 Å². The molecule has 15 nitrogen and oxygen atoms in total. The van der Waals surface area contributed by atoms with Crippen LogP contribution in [-0.4, -0.2) is 137 Å². The molecule has 360 valence electrons. The number of aliphatic hydroxyl groups excluding tert-OH is 4. The van der Waals surface area contributed by atoms with Crippen LogP contribution in [0, 0.1) is 33.5 Å². The van der Waals surface area contributed by atoms with Gasteiger partial charge >= 0.3 is 11.9 Å². The number of carbonyl (C=O) groups excluding carboxylic acids is 4. The summed E-state index contributed by atoms with van der Waals surface area (Å²) in [4.78, 5) is 59.2. The van der Waals surface area contributed by atoms with Crippen molar-refractivity contribution in [1.82, 2.24) is 0 Å². The van der Waals surface area contributed by atoms with E-state index < -0.39 is 140 Å². The van der Waals surface area contributed by atoms with Gasteiger partial charge in [-0.1, -0.05) is 71.9 Å². The number of ether oxygens (including phenoxy) is 4. The van der Waals surface area contributed by atoms with Crippen LogP contribution in [0.5, 0.6) is 0 Å². The van der Waals surface area contributed by atoms with Crippen LogP contribution in [0.3, 0.4) is 0 Å². The minimum absolute atomic E-state index is 0.232. The third kappa shape index (κ3) is 6.64. The van der Waals surface area contributed by atoms with Crippen LogP contribution in [0.4, 0.5) is 5.69 Å². The summed E-state index contributed by atoms with van der Waals surface area (Å²) in [6.45, 7) is 23.1. The molecule has 4 aliphatic carbocycles. The number of aliphatic hydroxyl groups is 6. The first-order chi connectivity index (χ1) is 29.8. The molecule has 0 bridgehead atoms. The van der Waals surface area contributed by atoms with Crippen LogP contribution in [-0.2, 0) is 38.1 Å². The van der Waals surface area contributed by atoms with Crippen molar-refractivity contribution in [3.63, 3.8) is 0 Å². The predicted molar refractivity (Wildman–Crippen MR) is 237 cm³/mol. The quantitative estimate of drug-likeness (QED) is 0.154. The van der Waals surface area contributed by atoms with E-state index in [1.165, 1.54) is 30.9 Å². The maximum Gasteiger partial charge on any atom is 0.326 e. The molecule has 6 aliphatic rings. The molecule has 1 aromatic carbocycles. The minimum atomic E-state index is -2.46. The number of anilines is 1. The van der Waals surface area contributed by atoms with Gasteiger partial charge in [0.25, 0.3) is 0 Å². The van der Waals surface area contributed by atoms with Gasteiger partial charge in [-0.3, -0.25) is 19.2 Å². The molecule has 2 heterocycles. The van der Waals surface area contributed by atoms with Crippen molar-refractivity contribution in [1.29, 1.82) is 0 Å². The molecule has 2 aliphatic heterocycles. The van der Waals surface area contributed by atoms with Gasteiger partial charge in [-0.2, -0.15) is 0 Å². The van der Waals surface area contributed by atoms with E-state index in [1.54, 1.807) is 58.0 Å². The first-order valence-electron chi connectivity index (χ1n) is 22.9. The van der Waals surface area contributed by atoms with Gasteiger partial charge in [0.15, 0.2) is 35.0 Å². The fraction of sp³-hybridized carbons (Fsp3) is 0.720. The molecular weight excluding hydrogens is 839 g/mol. The average Bonchev–Trinajstić information content (AvgIpc) is 3.21. The Labute approximate surface area is 382 Å². The molecule has 0 amide bonds. The smallest absolute Gasteiger partial charge is 0.326 e. The standard InChI is InChI=1S/C50H71NO14/c1-13-43(7)24-31(54)49(60)45(9)29(52)20-22-41(3,4)37(45)35(58)39(47(49,11)64-43)62-33(56)26-51(28-18-16-15-17-19-28)27-34(57)63-40-36(59)38-42(5,6)23-21-30(53)46(38,10)50(61)32(55)25-44(8,14-2)65-48(40,50)12/h13-19,29-30,35-40,52-53,58-61H,1-2,20-27H2,3-12H3/t29-,30-,35?,36?,37?,38?,39?,40?,43-,44-,45?,46?,47+,48+,49-,50-/m0/s1. The number of ketones is 2. The number of para-hydroxylation sites is 1. The largest absolute Gasteiger partial charge is 0.455 e. The van der Waals surface area contributed by atoms with Crippen molar-refractivity contribution >= 4 is 29.2 Å². The Morgan fingerprint density at radius 2 is 1.02 bits per heavy atom. The van der Waals surface area contributed by atoms with E-state index in [0.29, 0.717) is 18.5 Å². The van der Waals surface area contributed by atoms with Crippen molar-refractivity contribution in [3.05, 3.63) is 55.6 Å². The summed E-state index contributed by atoms with van der Waals surface area (Å²) in [5, 5.41) is 74.2. The highest BCUT2D eigenvalue weighted by molar-refractivity contribution is 5.93. The normalized spacial score (nSPS) is 47.4. The van der Waals surface area contributed by atoms with Crippen LogP contribution in [0.15, 0.2) is 55.6 Å². The molecule has 4 saturated carbocycles. The molecule has 0 aromatic heterocycles. The van der Waals surface area contributed by atoms with Gasteiger partial charge in [-0.05, 0) is 76.3 Å². The zero-order valence-electron chi connectivity index (χ0n) is 39.6. The van der Waals surface area contributed by atoms with Gasteiger partial charge < -0.3 is 54.5 Å². The van der Waals surface area contributed by atoms with Crippen LogP contribution in [0.1, 0.15) is 108 Å². The lowest BCUT2D eigenvalue weighted by Gasteiger charge is -2.71. The zero-order valence-corrected chi connectivity index (χ0v) is 39.6. The van der Waals surface area contributed by atoms with Gasteiger partial charge in [0.2, 0.25) is 0 Å². The second-order valence-corrected chi connectivity index (χ2v) is 22.7. The number of nitrogens with zero attached hydrogens (tertiary/aromatic N) is 1. The summed E-state index contributed by atoms with van der Waals surface area (Å²) in [6.07, 6.45) is -5.38. The number of fused-ring (bicyclic) bond motifs is 6. The Bertz CT molecular complexity index is 2000. The Kier molecular flexibility index (Phi) is 11.8. The zero-order chi connectivity index (χ0) is 48.5. The first-order valence-corrected chi connectivity index (χ1v) is 22.9. The lowest BCUT2D eigenvalue weighted by atomic mass is 9.40. The van der Waals surface area contributed by atoms with Gasteiger partial charge in [0.05, 0.1) is 35.6 Å². The lowest BCUT2D eigenvalue weighted by molar-refractivity contribution is -0.370. The summed E-state index contributed by atoms with van der Waals surface area (Å²) >= 11 is 0. The van der Waals surface area contributed by atoms with Crippen molar-refractivity contribution in [2.24, 2.45) is 33.5 Å². The maximum atomic E-state index is 14.5. The summed E-state index contributed by atoms with van der Waals surface area (Å²) in [6, 6.07) is 8.37.